The first kappa shape index (κ1) is 11.5. The smallest absolute Gasteiger partial charge is 0.318 e. The largest absolute Gasteiger partial charge is 0.508 e. The van der Waals surface area contributed by atoms with Gasteiger partial charge in [0, 0.05) is 6.54 Å². The minimum atomic E-state index is -0.896. The van der Waals surface area contributed by atoms with Crippen molar-refractivity contribution in [2.45, 2.75) is 6.42 Å². The molecule has 82 valence electrons. The third kappa shape index (κ3) is 4.99. The van der Waals surface area contributed by atoms with E-state index in [1.165, 1.54) is 0 Å². The molecule has 1 rings (SSSR count). The molecule has 0 radical (unpaired) electrons. The fourth-order valence-corrected chi connectivity index (χ4v) is 1.10. The Morgan fingerprint density at radius 1 is 1.20 bits per heavy atom. The Hall–Kier alpha value is -1.59. The van der Waals surface area contributed by atoms with E-state index >= 15 is 0 Å². The van der Waals surface area contributed by atoms with Crippen LogP contribution in [0.4, 0.5) is 0 Å². The summed E-state index contributed by atoms with van der Waals surface area (Å²) in [5, 5.41) is 17.4. The third-order valence-corrected chi connectivity index (χ3v) is 1.84. The summed E-state index contributed by atoms with van der Waals surface area (Å²) in [6.45, 7) is 0.535. The molecule has 5 heteroatoms. The normalized spacial score (nSPS) is 10.1. The van der Waals surface area contributed by atoms with Crippen LogP contribution in [0.2, 0.25) is 0 Å². The predicted octanol–water partition coefficient (Wildman–Crippen LogP) is 0.113. The van der Waals surface area contributed by atoms with Crippen LogP contribution in [0.3, 0.4) is 0 Å². The SMILES string of the molecule is O=C(O)CNNCCc1ccc(O)cc1. The highest BCUT2D eigenvalue weighted by atomic mass is 16.4. The molecule has 0 aromatic heterocycles. The number of rotatable bonds is 6. The lowest BCUT2D eigenvalue weighted by molar-refractivity contribution is -0.136. The van der Waals surface area contributed by atoms with Crippen molar-refractivity contribution in [2.75, 3.05) is 13.1 Å². The van der Waals surface area contributed by atoms with Gasteiger partial charge in [-0.25, -0.2) is 5.43 Å². The van der Waals surface area contributed by atoms with E-state index in [9.17, 15) is 4.79 Å². The van der Waals surface area contributed by atoms with Gasteiger partial charge in [0.2, 0.25) is 0 Å². The molecule has 0 saturated carbocycles. The average Bonchev–Trinajstić information content (AvgIpc) is 2.20. The maximum Gasteiger partial charge on any atom is 0.318 e. The Balaban J connectivity index is 2.15. The van der Waals surface area contributed by atoms with Crippen LogP contribution in [0.1, 0.15) is 5.56 Å². The molecule has 0 bridgehead atoms. The number of phenolic OH excluding ortho intramolecular Hbond substituents is 1. The zero-order chi connectivity index (χ0) is 11.1. The van der Waals surface area contributed by atoms with Crippen LogP contribution < -0.4 is 10.9 Å². The average molecular weight is 210 g/mol. The number of aliphatic carboxylic acids is 1. The number of hydrogen-bond acceptors (Lipinski definition) is 4. The molecule has 0 aliphatic carbocycles. The van der Waals surface area contributed by atoms with E-state index in [0.29, 0.717) is 6.54 Å². The molecule has 1 aromatic rings. The molecule has 0 unspecified atom stereocenters. The minimum Gasteiger partial charge on any atom is -0.508 e. The molecule has 1 aromatic carbocycles. The van der Waals surface area contributed by atoms with Crippen LogP contribution >= 0.6 is 0 Å². The molecular weight excluding hydrogens is 196 g/mol. The van der Waals surface area contributed by atoms with Gasteiger partial charge in [0.15, 0.2) is 0 Å². The van der Waals surface area contributed by atoms with Crippen molar-refractivity contribution in [1.29, 1.82) is 0 Å². The Bertz CT molecular complexity index is 311. The summed E-state index contributed by atoms with van der Waals surface area (Å²) in [7, 11) is 0. The first-order valence-electron chi connectivity index (χ1n) is 4.64. The number of carbonyl (C=O) groups is 1. The summed E-state index contributed by atoms with van der Waals surface area (Å²) in [5.74, 6) is -0.650. The van der Waals surface area contributed by atoms with Gasteiger partial charge in [0.1, 0.15) is 12.3 Å². The van der Waals surface area contributed by atoms with Crippen LogP contribution in [-0.2, 0) is 11.2 Å². The first-order chi connectivity index (χ1) is 7.18. The molecule has 0 fully saturated rings. The van der Waals surface area contributed by atoms with Gasteiger partial charge in [0.05, 0.1) is 0 Å². The lowest BCUT2D eigenvalue weighted by Gasteiger charge is -2.04. The van der Waals surface area contributed by atoms with Gasteiger partial charge in [-0.3, -0.25) is 10.2 Å². The Morgan fingerprint density at radius 3 is 2.47 bits per heavy atom. The summed E-state index contributed by atoms with van der Waals surface area (Å²) in [6, 6.07) is 6.91. The summed E-state index contributed by atoms with van der Waals surface area (Å²) in [6.07, 6.45) is 0.771. The van der Waals surface area contributed by atoms with E-state index in [-0.39, 0.29) is 12.3 Å². The third-order valence-electron chi connectivity index (χ3n) is 1.84. The Morgan fingerprint density at radius 2 is 1.87 bits per heavy atom. The molecule has 0 aliphatic heterocycles. The van der Waals surface area contributed by atoms with E-state index in [1.807, 2.05) is 12.1 Å². The standard InChI is InChI=1S/C10H14N2O3/c13-9-3-1-8(2-4-9)5-6-11-12-7-10(14)15/h1-4,11-13H,5-7H2,(H,14,15). The lowest BCUT2D eigenvalue weighted by atomic mass is 10.1. The van der Waals surface area contributed by atoms with Gasteiger partial charge in [-0.15, -0.1) is 0 Å². The maximum absolute atomic E-state index is 10.1. The molecule has 0 amide bonds. The number of phenols is 1. The predicted molar refractivity (Wildman–Crippen MR) is 55.5 cm³/mol. The van der Waals surface area contributed by atoms with Crippen molar-refractivity contribution < 1.29 is 15.0 Å². The van der Waals surface area contributed by atoms with Crippen LogP contribution in [-0.4, -0.2) is 29.3 Å². The fourth-order valence-electron chi connectivity index (χ4n) is 1.10. The zero-order valence-electron chi connectivity index (χ0n) is 8.23. The summed E-state index contributed by atoms with van der Waals surface area (Å²) in [4.78, 5) is 10.1. The second kappa shape index (κ2) is 6.00. The number of benzene rings is 1. The highest BCUT2D eigenvalue weighted by Crippen LogP contribution is 2.09. The van der Waals surface area contributed by atoms with Crippen molar-refractivity contribution >= 4 is 5.97 Å². The Labute approximate surface area is 87.7 Å². The molecule has 0 saturated heterocycles. The van der Waals surface area contributed by atoms with Gasteiger partial charge < -0.3 is 10.2 Å². The van der Waals surface area contributed by atoms with Crippen molar-refractivity contribution in [3.8, 4) is 5.75 Å². The monoisotopic (exact) mass is 210 g/mol. The quantitative estimate of drug-likeness (QED) is 0.396. The highest BCUT2D eigenvalue weighted by molar-refractivity contribution is 5.68. The summed E-state index contributed by atoms with van der Waals surface area (Å²) in [5.41, 5.74) is 6.43. The van der Waals surface area contributed by atoms with Crippen molar-refractivity contribution in [3.05, 3.63) is 29.8 Å². The van der Waals surface area contributed by atoms with Gasteiger partial charge in [-0.05, 0) is 24.1 Å². The van der Waals surface area contributed by atoms with Gasteiger partial charge in [0.25, 0.3) is 0 Å². The molecule has 0 spiro atoms. The van der Waals surface area contributed by atoms with Crippen molar-refractivity contribution in [3.63, 3.8) is 0 Å². The molecule has 4 N–H and O–H groups in total. The molecule has 0 atom stereocenters. The van der Waals surface area contributed by atoms with E-state index in [1.54, 1.807) is 12.1 Å². The number of hydrazine groups is 1. The molecule has 0 aliphatic rings. The van der Waals surface area contributed by atoms with Gasteiger partial charge >= 0.3 is 5.97 Å². The molecule has 5 nitrogen and oxygen atoms in total. The number of carboxylic acid groups (broad SMARTS) is 1. The molecular formula is C10H14N2O3. The van der Waals surface area contributed by atoms with Gasteiger partial charge in [-0.1, -0.05) is 12.1 Å². The van der Waals surface area contributed by atoms with Crippen LogP contribution in [0.5, 0.6) is 5.75 Å². The Kier molecular flexibility index (Phi) is 4.59. The number of carboxylic acids is 1. The lowest BCUT2D eigenvalue weighted by Crippen LogP contribution is -2.37. The van der Waals surface area contributed by atoms with E-state index < -0.39 is 5.97 Å². The minimum absolute atomic E-state index is 0.102. The number of aromatic hydroxyl groups is 1. The van der Waals surface area contributed by atoms with E-state index in [0.717, 1.165) is 12.0 Å². The van der Waals surface area contributed by atoms with Crippen LogP contribution in [0, 0.1) is 0 Å². The van der Waals surface area contributed by atoms with E-state index in [4.69, 9.17) is 10.2 Å². The van der Waals surface area contributed by atoms with Crippen LogP contribution in [0.25, 0.3) is 0 Å². The summed E-state index contributed by atoms with van der Waals surface area (Å²) < 4.78 is 0. The number of nitrogens with one attached hydrogen (secondary N) is 2. The molecule has 15 heavy (non-hydrogen) atoms. The maximum atomic E-state index is 10.1. The highest BCUT2D eigenvalue weighted by Gasteiger charge is 1.95. The van der Waals surface area contributed by atoms with Crippen molar-refractivity contribution in [2.24, 2.45) is 0 Å². The van der Waals surface area contributed by atoms with Crippen LogP contribution in [0.15, 0.2) is 24.3 Å². The van der Waals surface area contributed by atoms with E-state index in [2.05, 4.69) is 10.9 Å². The van der Waals surface area contributed by atoms with Gasteiger partial charge in [-0.2, -0.15) is 0 Å². The fraction of sp³-hybridized carbons (Fsp3) is 0.300. The zero-order valence-corrected chi connectivity index (χ0v) is 8.23. The second-order valence-electron chi connectivity index (χ2n) is 3.09. The number of hydrogen-bond donors (Lipinski definition) is 4. The molecule has 0 heterocycles. The topological polar surface area (TPSA) is 81.6 Å². The summed E-state index contributed by atoms with van der Waals surface area (Å²) >= 11 is 0. The first-order valence-corrected chi connectivity index (χ1v) is 4.64. The second-order valence-corrected chi connectivity index (χ2v) is 3.09. The van der Waals surface area contributed by atoms with Crippen molar-refractivity contribution in [1.82, 2.24) is 10.9 Å².